The zero-order chi connectivity index (χ0) is 26.6. The standard InChI is InChI=1S/C32H37FN4/c1-6-9-18-34-29-20-28(15-12-24(29)5)31-30(33)32(37-22-36-31)35-21-25-13-16-26(17-14-25)27(11-8-3)19-23(4)10-7-2/h8,10-20,22H,6-7,9,21H2,1-5H3,(H,35,36,37)/b11-8-,23-10+,27-19+,34-18?. The summed E-state index contributed by atoms with van der Waals surface area (Å²) >= 11 is 0. The molecule has 3 rings (SSSR count). The lowest BCUT2D eigenvalue weighted by atomic mass is 10.0. The number of nitrogens with one attached hydrogen (secondary N) is 1. The Morgan fingerprint density at radius 2 is 1.86 bits per heavy atom. The molecule has 0 saturated carbocycles. The zero-order valence-corrected chi connectivity index (χ0v) is 22.6. The van der Waals surface area contributed by atoms with Crippen molar-refractivity contribution in [1.82, 2.24) is 9.97 Å². The number of aromatic nitrogens is 2. The van der Waals surface area contributed by atoms with Crippen molar-refractivity contribution in [3.8, 4) is 11.3 Å². The van der Waals surface area contributed by atoms with Gasteiger partial charge in [0, 0.05) is 18.3 Å². The predicted molar refractivity (Wildman–Crippen MR) is 156 cm³/mol. The Labute approximate surface area is 220 Å². The summed E-state index contributed by atoms with van der Waals surface area (Å²) in [6.45, 7) is 10.8. The van der Waals surface area contributed by atoms with E-state index in [0.717, 1.165) is 47.2 Å². The molecule has 1 heterocycles. The van der Waals surface area contributed by atoms with E-state index in [1.807, 2.05) is 44.3 Å². The summed E-state index contributed by atoms with van der Waals surface area (Å²) in [5, 5.41) is 3.14. The van der Waals surface area contributed by atoms with Gasteiger partial charge >= 0.3 is 0 Å². The van der Waals surface area contributed by atoms with Crippen LogP contribution in [0.5, 0.6) is 0 Å². The molecule has 5 heteroatoms. The molecule has 0 bridgehead atoms. The van der Waals surface area contributed by atoms with Gasteiger partial charge in [-0.25, -0.2) is 14.4 Å². The first-order valence-corrected chi connectivity index (χ1v) is 12.9. The van der Waals surface area contributed by atoms with Gasteiger partial charge in [0.05, 0.1) is 5.69 Å². The highest BCUT2D eigenvalue weighted by Gasteiger charge is 2.14. The van der Waals surface area contributed by atoms with E-state index < -0.39 is 5.82 Å². The first kappa shape index (κ1) is 27.7. The lowest BCUT2D eigenvalue weighted by Gasteiger charge is -2.11. The quantitative estimate of drug-likeness (QED) is 0.213. The summed E-state index contributed by atoms with van der Waals surface area (Å²) in [5.41, 5.74) is 7.37. The SMILES string of the molecule is C\C=C/C(=C\C(C)=C\CC)c1ccc(CNc2ncnc(-c3ccc(C)c(N=CCCC)c3)c2F)cc1. The zero-order valence-electron chi connectivity index (χ0n) is 22.6. The highest BCUT2D eigenvalue weighted by atomic mass is 19.1. The van der Waals surface area contributed by atoms with Crippen LogP contribution in [-0.4, -0.2) is 16.2 Å². The maximum Gasteiger partial charge on any atom is 0.191 e. The molecule has 4 nitrogen and oxygen atoms in total. The van der Waals surface area contributed by atoms with E-state index in [2.05, 4.69) is 83.5 Å². The van der Waals surface area contributed by atoms with E-state index in [1.165, 1.54) is 11.9 Å². The van der Waals surface area contributed by atoms with Gasteiger partial charge in [-0.05, 0) is 61.9 Å². The Morgan fingerprint density at radius 1 is 1.08 bits per heavy atom. The molecule has 0 spiro atoms. The lowest BCUT2D eigenvalue weighted by molar-refractivity contribution is 0.621. The topological polar surface area (TPSA) is 50.2 Å². The molecule has 37 heavy (non-hydrogen) atoms. The van der Waals surface area contributed by atoms with Crippen LogP contribution in [0.3, 0.4) is 0 Å². The minimum Gasteiger partial charge on any atom is -0.363 e. The van der Waals surface area contributed by atoms with Gasteiger partial charge < -0.3 is 5.32 Å². The number of nitrogens with zero attached hydrogens (tertiary/aromatic N) is 3. The van der Waals surface area contributed by atoms with E-state index in [9.17, 15) is 0 Å². The Kier molecular flexibility index (Phi) is 10.5. The second kappa shape index (κ2) is 14.0. The second-order valence-corrected chi connectivity index (χ2v) is 8.99. The summed E-state index contributed by atoms with van der Waals surface area (Å²) in [6, 6.07) is 14.0. The average molecular weight is 497 g/mol. The van der Waals surface area contributed by atoms with Crippen molar-refractivity contribution in [2.24, 2.45) is 4.99 Å². The highest BCUT2D eigenvalue weighted by molar-refractivity contribution is 5.76. The van der Waals surface area contributed by atoms with Gasteiger partial charge in [-0.1, -0.05) is 86.5 Å². The number of aliphatic imine (C=N–C) groups is 1. The van der Waals surface area contributed by atoms with Crippen LogP contribution >= 0.6 is 0 Å². The van der Waals surface area contributed by atoms with Crippen molar-refractivity contribution in [3.05, 3.63) is 101 Å². The normalized spacial score (nSPS) is 12.6. The first-order chi connectivity index (χ1) is 18.0. The molecule has 3 aromatic rings. The second-order valence-electron chi connectivity index (χ2n) is 8.99. The predicted octanol–water partition coefficient (Wildman–Crippen LogP) is 9.02. The highest BCUT2D eigenvalue weighted by Crippen LogP contribution is 2.29. The third-order valence-corrected chi connectivity index (χ3v) is 5.92. The minimum absolute atomic E-state index is 0.181. The fourth-order valence-electron chi connectivity index (χ4n) is 3.92. The molecule has 0 aliphatic heterocycles. The molecule has 1 aromatic heterocycles. The average Bonchev–Trinajstić information content (AvgIpc) is 2.90. The number of unbranched alkanes of at least 4 members (excludes halogenated alkanes) is 1. The van der Waals surface area contributed by atoms with Crippen molar-refractivity contribution >= 4 is 23.3 Å². The number of benzene rings is 2. The van der Waals surface area contributed by atoms with Crippen LogP contribution < -0.4 is 5.32 Å². The summed E-state index contributed by atoms with van der Waals surface area (Å²) in [4.78, 5) is 12.9. The fraction of sp³-hybridized carbons (Fsp3) is 0.281. The maximum atomic E-state index is 15.4. The van der Waals surface area contributed by atoms with Crippen LogP contribution in [0.1, 0.15) is 63.6 Å². The Balaban J connectivity index is 1.77. The summed E-state index contributed by atoms with van der Waals surface area (Å²) < 4.78 is 15.4. The van der Waals surface area contributed by atoms with Gasteiger partial charge in [0.25, 0.3) is 0 Å². The molecule has 0 aliphatic carbocycles. The Hall–Kier alpha value is -3.86. The molecule has 0 unspecified atom stereocenters. The summed E-state index contributed by atoms with van der Waals surface area (Å²) in [7, 11) is 0. The lowest BCUT2D eigenvalue weighted by Crippen LogP contribution is -2.06. The monoisotopic (exact) mass is 496 g/mol. The van der Waals surface area contributed by atoms with Crippen LogP contribution in [0.2, 0.25) is 0 Å². The van der Waals surface area contributed by atoms with E-state index >= 15 is 4.39 Å². The number of hydrogen-bond acceptors (Lipinski definition) is 4. The molecule has 0 radical (unpaired) electrons. The number of aryl methyl sites for hydroxylation is 1. The minimum atomic E-state index is -0.469. The van der Waals surface area contributed by atoms with Crippen LogP contribution in [0.15, 0.2) is 83.7 Å². The molecule has 192 valence electrons. The molecule has 0 fully saturated rings. The smallest absolute Gasteiger partial charge is 0.191 e. The number of anilines is 1. The molecule has 0 amide bonds. The van der Waals surface area contributed by atoms with Gasteiger partial charge in [-0.15, -0.1) is 0 Å². The molecule has 0 saturated heterocycles. The van der Waals surface area contributed by atoms with Crippen molar-refractivity contribution in [2.75, 3.05) is 5.32 Å². The van der Waals surface area contributed by atoms with E-state index in [1.54, 1.807) is 0 Å². The molecule has 1 N–H and O–H groups in total. The van der Waals surface area contributed by atoms with Crippen LogP contribution in [0, 0.1) is 12.7 Å². The van der Waals surface area contributed by atoms with E-state index in [4.69, 9.17) is 0 Å². The van der Waals surface area contributed by atoms with Crippen LogP contribution in [0.4, 0.5) is 15.9 Å². The van der Waals surface area contributed by atoms with Crippen molar-refractivity contribution in [3.63, 3.8) is 0 Å². The molecule has 0 aliphatic rings. The van der Waals surface area contributed by atoms with Crippen molar-refractivity contribution in [2.45, 2.75) is 60.4 Å². The first-order valence-electron chi connectivity index (χ1n) is 12.9. The summed E-state index contributed by atoms with van der Waals surface area (Å²) in [6.07, 6.45) is 14.8. The third-order valence-electron chi connectivity index (χ3n) is 5.92. The van der Waals surface area contributed by atoms with Crippen LogP contribution in [-0.2, 0) is 6.54 Å². The summed E-state index contributed by atoms with van der Waals surface area (Å²) in [5.74, 6) is -0.288. The number of halogens is 1. The maximum absolute atomic E-state index is 15.4. The molecular formula is C32H37FN4. The number of rotatable bonds is 11. The Bertz CT molecular complexity index is 1300. The molecule has 0 atom stereocenters. The fourth-order valence-corrected chi connectivity index (χ4v) is 3.92. The van der Waals surface area contributed by atoms with E-state index in [0.29, 0.717) is 12.1 Å². The number of hydrogen-bond donors (Lipinski definition) is 1. The molecule has 2 aromatic carbocycles. The Morgan fingerprint density at radius 3 is 2.57 bits per heavy atom. The van der Waals surface area contributed by atoms with Gasteiger partial charge in [0.2, 0.25) is 0 Å². The largest absolute Gasteiger partial charge is 0.363 e. The van der Waals surface area contributed by atoms with Crippen molar-refractivity contribution < 1.29 is 4.39 Å². The van der Waals surface area contributed by atoms with Gasteiger partial charge in [0.1, 0.15) is 12.0 Å². The van der Waals surface area contributed by atoms with Crippen molar-refractivity contribution in [1.29, 1.82) is 0 Å². The van der Waals surface area contributed by atoms with Crippen LogP contribution in [0.25, 0.3) is 16.8 Å². The van der Waals surface area contributed by atoms with E-state index in [-0.39, 0.29) is 11.5 Å². The van der Waals surface area contributed by atoms with Gasteiger partial charge in [-0.2, -0.15) is 0 Å². The molecular weight excluding hydrogens is 459 g/mol. The third kappa shape index (κ3) is 7.81. The van der Waals surface area contributed by atoms with Gasteiger partial charge in [-0.3, -0.25) is 4.99 Å². The number of allylic oxidation sites excluding steroid dienone is 6. The van der Waals surface area contributed by atoms with Gasteiger partial charge in [0.15, 0.2) is 11.6 Å².